The zero-order valence-corrected chi connectivity index (χ0v) is 22.0. The van der Waals surface area contributed by atoms with E-state index in [2.05, 4.69) is 10.0 Å². The highest BCUT2D eigenvalue weighted by atomic mass is 35.5. The van der Waals surface area contributed by atoms with Gasteiger partial charge in [-0.2, -0.15) is 4.31 Å². The third-order valence-electron chi connectivity index (χ3n) is 5.71. The molecule has 1 amide bonds. The summed E-state index contributed by atoms with van der Waals surface area (Å²) in [6.45, 7) is 4.68. The number of aryl methyl sites for hydroxylation is 1. The molecule has 192 valence electrons. The average Bonchev–Trinajstić information content (AvgIpc) is 2.83. The predicted molar refractivity (Wildman–Crippen MR) is 133 cm³/mol. The second-order valence-corrected chi connectivity index (χ2v) is 12.3. The minimum absolute atomic E-state index is 0.0493. The van der Waals surface area contributed by atoms with Crippen LogP contribution in [-0.2, 0) is 24.8 Å². The molecule has 35 heavy (non-hydrogen) atoms. The van der Waals surface area contributed by atoms with E-state index in [-0.39, 0.29) is 52.8 Å². The van der Waals surface area contributed by atoms with Crippen molar-refractivity contribution in [3.8, 4) is 5.75 Å². The Labute approximate surface area is 211 Å². The lowest BCUT2D eigenvalue weighted by molar-refractivity contribution is -0.126. The average molecular weight is 544 g/mol. The molecule has 3 rings (SSSR count). The summed E-state index contributed by atoms with van der Waals surface area (Å²) in [6, 6.07) is 10.9. The Bertz CT molecular complexity index is 1240. The quantitative estimate of drug-likeness (QED) is 0.444. The van der Waals surface area contributed by atoms with E-state index in [0.29, 0.717) is 25.2 Å². The maximum absolute atomic E-state index is 13.0. The lowest BCUT2D eigenvalue weighted by Gasteiger charge is -2.30. The second-order valence-electron chi connectivity index (χ2n) is 8.21. The number of nitrogens with zero attached hydrogens (tertiary/aromatic N) is 1. The van der Waals surface area contributed by atoms with Crippen molar-refractivity contribution in [1.82, 2.24) is 14.3 Å². The van der Waals surface area contributed by atoms with E-state index in [1.807, 2.05) is 13.8 Å². The number of nitrogens with one attached hydrogen (secondary N) is 2. The molecule has 0 radical (unpaired) electrons. The molecule has 0 aliphatic carbocycles. The van der Waals surface area contributed by atoms with Gasteiger partial charge in [-0.15, -0.1) is 0 Å². The van der Waals surface area contributed by atoms with E-state index in [4.69, 9.17) is 16.3 Å². The number of amides is 1. The van der Waals surface area contributed by atoms with Gasteiger partial charge in [0.1, 0.15) is 5.75 Å². The maximum atomic E-state index is 13.0. The van der Waals surface area contributed by atoms with E-state index in [0.717, 1.165) is 5.56 Å². The number of hydrogen-bond acceptors (Lipinski definition) is 6. The van der Waals surface area contributed by atoms with Crippen LogP contribution >= 0.6 is 11.6 Å². The summed E-state index contributed by atoms with van der Waals surface area (Å²) in [6.07, 6.45) is 0.732. The van der Waals surface area contributed by atoms with Gasteiger partial charge >= 0.3 is 0 Å². The largest absolute Gasteiger partial charge is 0.492 e. The van der Waals surface area contributed by atoms with Gasteiger partial charge in [-0.05, 0) is 57.0 Å². The van der Waals surface area contributed by atoms with Crippen molar-refractivity contribution < 1.29 is 26.4 Å². The summed E-state index contributed by atoms with van der Waals surface area (Å²) in [5.41, 5.74) is 0.957. The zero-order valence-electron chi connectivity index (χ0n) is 19.7. The van der Waals surface area contributed by atoms with Gasteiger partial charge in [-0.25, -0.2) is 21.6 Å². The van der Waals surface area contributed by atoms with Crippen LogP contribution in [0.15, 0.2) is 52.3 Å². The van der Waals surface area contributed by atoms with Crippen molar-refractivity contribution in [1.29, 1.82) is 0 Å². The van der Waals surface area contributed by atoms with Crippen molar-refractivity contribution in [2.75, 3.05) is 32.8 Å². The molecule has 0 saturated carbocycles. The van der Waals surface area contributed by atoms with Crippen molar-refractivity contribution in [2.45, 2.75) is 36.5 Å². The lowest BCUT2D eigenvalue weighted by Crippen LogP contribution is -2.44. The monoisotopic (exact) mass is 543 g/mol. The molecule has 9 nitrogen and oxygen atoms in total. The first kappa shape index (κ1) is 27.4. The van der Waals surface area contributed by atoms with Gasteiger partial charge in [0.2, 0.25) is 26.0 Å². The highest BCUT2D eigenvalue weighted by molar-refractivity contribution is 7.89. The first-order chi connectivity index (χ1) is 16.5. The fourth-order valence-corrected chi connectivity index (χ4v) is 6.57. The molecule has 1 fully saturated rings. The molecule has 0 bridgehead atoms. The van der Waals surface area contributed by atoms with E-state index in [9.17, 15) is 21.6 Å². The molecule has 2 aromatic rings. The molecule has 12 heteroatoms. The van der Waals surface area contributed by atoms with Crippen molar-refractivity contribution >= 4 is 37.6 Å². The molecule has 0 unspecified atom stereocenters. The molecule has 1 aliphatic rings. The van der Waals surface area contributed by atoms with Gasteiger partial charge in [0.15, 0.2) is 0 Å². The van der Waals surface area contributed by atoms with Crippen molar-refractivity contribution in [3.63, 3.8) is 0 Å². The Morgan fingerprint density at radius 2 is 1.66 bits per heavy atom. The number of rotatable bonds is 10. The van der Waals surface area contributed by atoms with Crippen molar-refractivity contribution in [2.24, 2.45) is 5.92 Å². The first-order valence-corrected chi connectivity index (χ1v) is 14.6. The van der Waals surface area contributed by atoms with Gasteiger partial charge in [0, 0.05) is 32.1 Å². The summed E-state index contributed by atoms with van der Waals surface area (Å²) in [5.74, 6) is -0.149. The van der Waals surface area contributed by atoms with E-state index < -0.39 is 20.0 Å². The number of sulfonamides is 2. The normalized spacial score (nSPS) is 15.6. The zero-order chi connectivity index (χ0) is 25.6. The Hall–Kier alpha value is -2.18. The number of hydrogen-bond donors (Lipinski definition) is 2. The van der Waals surface area contributed by atoms with Crippen LogP contribution in [0.5, 0.6) is 5.75 Å². The predicted octanol–water partition coefficient (Wildman–Crippen LogP) is 2.54. The fraction of sp³-hybridized carbons (Fsp3) is 0.435. The van der Waals surface area contributed by atoms with Gasteiger partial charge < -0.3 is 10.1 Å². The number of benzene rings is 2. The van der Waals surface area contributed by atoms with Crippen LogP contribution in [0, 0.1) is 12.8 Å². The van der Waals surface area contributed by atoms with Gasteiger partial charge in [0.25, 0.3) is 0 Å². The summed E-state index contributed by atoms with van der Waals surface area (Å²) in [5, 5.41) is 2.95. The molecule has 2 N–H and O–H groups in total. The molecule has 1 aliphatic heterocycles. The van der Waals surface area contributed by atoms with Gasteiger partial charge in [-0.1, -0.05) is 29.3 Å². The number of ether oxygens (including phenoxy) is 1. The summed E-state index contributed by atoms with van der Waals surface area (Å²) in [4.78, 5) is 12.8. The topological polar surface area (TPSA) is 122 Å². The van der Waals surface area contributed by atoms with Gasteiger partial charge in [0.05, 0.1) is 21.4 Å². The highest BCUT2D eigenvalue weighted by Gasteiger charge is 2.32. The third kappa shape index (κ3) is 6.95. The smallest absolute Gasteiger partial charge is 0.243 e. The fourth-order valence-electron chi connectivity index (χ4n) is 3.74. The first-order valence-electron chi connectivity index (χ1n) is 11.3. The minimum atomic E-state index is -3.75. The molecule has 2 aromatic carbocycles. The van der Waals surface area contributed by atoms with Crippen LogP contribution in [0.3, 0.4) is 0 Å². The lowest BCUT2D eigenvalue weighted by atomic mass is 9.97. The number of halogens is 1. The summed E-state index contributed by atoms with van der Waals surface area (Å²) >= 11 is 6.14. The van der Waals surface area contributed by atoms with Crippen LogP contribution in [-0.4, -0.2) is 59.8 Å². The van der Waals surface area contributed by atoms with Crippen LogP contribution < -0.4 is 14.8 Å². The van der Waals surface area contributed by atoms with Crippen LogP contribution in [0.2, 0.25) is 5.02 Å². The highest BCUT2D eigenvalue weighted by Crippen LogP contribution is 2.30. The molecule has 0 atom stereocenters. The molecule has 1 saturated heterocycles. The standard InChI is InChI=1S/C23H30ClN3O6S2/c1-3-33-22-9-8-20(16-21(22)24)35(31,32)27-14-10-18(11-15-27)23(28)25-12-13-26-34(29,30)19-6-4-17(2)5-7-19/h4-9,16,18,26H,3,10-15H2,1-2H3,(H,25,28). The minimum Gasteiger partial charge on any atom is -0.492 e. The molecule has 1 heterocycles. The van der Waals surface area contributed by atoms with E-state index in [1.54, 1.807) is 12.1 Å². The number of carbonyl (C=O) groups is 1. The Kier molecular flexibility index (Phi) is 9.16. The van der Waals surface area contributed by atoms with Crippen LogP contribution in [0.1, 0.15) is 25.3 Å². The summed E-state index contributed by atoms with van der Waals surface area (Å²) in [7, 11) is -7.40. The Morgan fingerprint density at radius 3 is 2.26 bits per heavy atom. The second kappa shape index (κ2) is 11.7. The summed E-state index contributed by atoms with van der Waals surface area (Å²) < 4.78 is 59.8. The maximum Gasteiger partial charge on any atom is 0.243 e. The molecular weight excluding hydrogens is 514 g/mol. The van der Waals surface area contributed by atoms with Gasteiger partial charge in [-0.3, -0.25) is 4.79 Å². The molecule has 0 aromatic heterocycles. The van der Waals surface area contributed by atoms with Crippen molar-refractivity contribution in [3.05, 3.63) is 53.1 Å². The van der Waals surface area contributed by atoms with E-state index in [1.165, 1.54) is 34.6 Å². The van der Waals surface area contributed by atoms with E-state index >= 15 is 0 Å². The molecule has 0 spiro atoms. The SMILES string of the molecule is CCOc1ccc(S(=O)(=O)N2CCC(C(=O)NCCNS(=O)(=O)c3ccc(C)cc3)CC2)cc1Cl. The Balaban J connectivity index is 1.47. The Morgan fingerprint density at radius 1 is 1.03 bits per heavy atom. The van der Waals surface area contributed by atoms with Crippen LogP contribution in [0.25, 0.3) is 0 Å². The van der Waals surface area contributed by atoms with Crippen LogP contribution in [0.4, 0.5) is 0 Å². The molecular formula is C23H30ClN3O6S2. The third-order valence-corrected chi connectivity index (χ3v) is 9.38. The number of carbonyl (C=O) groups excluding carboxylic acids is 1. The number of piperidine rings is 1.